The van der Waals surface area contributed by atoms with Gasteiger partial charge in [-0.2, -0.15) is 0 Å². The van der Waals surface area contributed by atoms with Crippen LogP contribution in [-0.4, -0.2) is 63.8 Å². The molecule has 0 spiro atoms. The summed E-state index contributed by atoms with van der Waals surface area (Å²) in [5.74, 6) is -1.96. The lowest BCUT2D eigenvalue weighted by molar-refractivity contribution is -0.172. The van der Waals surface area contributed by atoms with Gasteiger partial charge in [-0.1, -0.05) is 55.5 Å². The number of cyclic esters (lactones) is 1. The smallest absolute Gasteiger partial charge is 0.407 e. The maximum atomic E-state index is 15.4. The van der Waals surface area contributed by atoms with Gasteiger partial charge in [-0.25, -0.2) is 19.0 Å². The van der Waals surface area contributed by atoms with E-state index in [4.69, 9.17) is 19.2 Å². The second-order valence-corrected chi connectivity index (χ2v) is 17.0. The number of Topliss-reactive ketones (excluding diaryl/α,β-unsaturated/α-hetero) is 1. The lowest BCUT2D eigenvalue weighted by atomic mass is 9.77. The molecule has 3 aromatic carbocycles. The van der Waals surface area contributed by atoms with Crippen LogP contribution in [0.2, 0.25) is 0 Å². The van der Waals surface area contributed by atoms with Gasteiger partial charge in [-0.05, 0) is 90.5 Å². The Bertz CT molecular complexity index is 2790. The monoisotopic (exact) mass is 840 g/mol. The highest BCUT2D eigenvalue weighted by Gasteiger charge is 2.48. The number of fused-ring (bicyclic) bond motifs is 8. The van der Waals surface area contributed by atoms with Crippen LogP contribution >= 0.6 is 0 Å². The number of ether oxygens (including phenoxy) is 3. The number of nitrogens with zero attached hydrogens (tertiary/aromatic N) is 2. The van der Waals surface area contributed by atoms with E-state index in [1.165, 1.54) is 10.6 Å². The molecule has 0 saturated heterocycles. The Labute approximate surface area is 355 Å². The first-order valence-corrected chi connectivity index (χ1v) is 21.3. The van der Waals surface area contributed by atoms with Gasteiger partial charge in [0.2, 0.25) is 0 Å². The van der Waals surface area contributed by atoms with Crippen LogP contribution in [0.3, 0.4) is 0 Å². The molecule has 13 nitrogen and oxygen atoms in total. The minimum absolute atomic E-state index is 0.0108. The number of alkyl carbamates (subject to hydrolysis) is 1. The lowest BCUT2D eigenvalue weighted by Crippen LogP contribution is -2.55. The molecular formula is C48H45FN4O9. The van der Waals surface area contributed by atoms with Crippen LogP contribution in [0, 0.1) is 12.7 Å². The Balaban J connectivity index is 0.828. The number of benzene rings is 3. The van der Waals surface area contributed by atoms with E-state index in [0.717, 1.165) is 45.2 Å². The van der Waals surface area contributed by atoms with E-state index >= 15 is 4.39 Å². The summed E-state index contributed by atoms with van der Waals surface area (Å²) < 4.78 is 34.0. The Morgan fingerprint density at radius 3 is 2.44 bits per heavy atom. The first kappa shape index (κ1) is 39.9. The minimum Gasteiger partial charge on any atom is -0.458 e. The van der Waals surface area contributed by atoms with Gasteiger partial charge in [0.1, 0.15) is 24.6 Å². The third kappa shape index (κ3) is 6.17. The molecule has 14 heteroatoms. The van der Waals surface area contributed by atoms with E-state index in [2.05, 4.69) is 22.8 Å². The molecule has 2 amide bonds. The average molecular weight is 841 g/mol. The van der Waals surface area contributed by atoms with Crippen LogP contribution in [0.4, 0.5) is 9.18 Å². The van der Waals surface area contributed by atoms with E-state index in [1.807, 2.05) is 36.4 Å². The SMILES string of the molecule is CC[C@@]1(O)C(=O)OCc2c1cc1n(c2=O)Cc2c-1nc1cc(F)c(C)c3c1c2[C@@H](NC(=O)C1(OCCC(=O)CNC(=O)OCC2c4ccccc4-c4ccccc42)CCC1)CC3. The van der Waals surface area contributed by atoms with Gasteiger partial charge in [-0.15, -0.1) is 0 Å². The second kappa shape index (κ2) is 15.0. The summed E-state index contributed by atoms with van der Waals surface area (Å²) in [6, 6.07) is 18.5. The van der Waals surface area contributed by atoms with E-state index in [0.29, 0.717) is 53.7 Å². The third-order valence-electron chi connectivity index (χ3n) is 13.8. The molecule has 2 atom stereocenters. The number of rotatable bonds is 11. The number of carbonyl (C=O) groups is 4. The molecule has 10 rings (SSSR count). The molecule has 318 valence electrons. The van der Waals surface area contributed by atoms with Crippen LogP contribution in [0.1, 0.15) is 102 Å². The van der Waals surface area contributed by atoms with Crippen molar-refractivity contribution in [2.45, 2.75) is 95.1 Å². The minimum atomic E-state index is -2.01. The van der Waals surface area contributed by atoms with E-state index in [1.54, 1.807) is 19.9 Å². The molecule has 0 bridgehead atoms. The summed E-state index contributed by atoms with van der Waals surface area (Å²) in [5, 5.41) is 17.9. The van der Waals surface area contributed by atoms with Crippen molar-refractivity contribution in [1.29, 1.82) is 0 Å². The molecule has 0 unspecified atom stereocenters. The first-order chi connectivity index (χ1) is 29.9. The summed E-state index contributed by atoms with van der Waals surface area (Å²) in [5.41, 5.74) is 5.07. The molecule has 62 heavy (non-hydrogen) atoms. The van der Waals surface area contributed by atoms with Crippen molar-refractivity contribution in [1.82, 2.24) is 20.2 Å². The lowest BCUT2D eigenvalue weighted by Gasteiger charge is -2.41. The van der Waals surface area contributed by atoms with Gasteiger partial charge in [-0.3, -0.25) is 14.4 Å². The fourth-order valence-electron chi connectivity index (χ4n) is 10.2. The number of amides is 2. The molecule has 2 aromatic heterocycles. The zero-order valence-electron chi connectivity index (χ0n) is 34.4. The molecule has 2 aliphatic heterocycles. The predicted molar refractivity (Wildman–Crippen MR) is 224 cm³/mol. The molecule has 1 fully saturated rings. The fourth-order valence-corrected chi connectivity index (χ4v) is 10.2. The van der Waals surface area contributed by atoms with Crippen molar-refractivity contribution in [3.8, 4) is 22.5 Å². The van der Waals surface area contributed by atoms with Crippen molar-refractivity contribution in [3.05, 3.63) is 121 Å². The number of hydrogen-bond donors (Lipinski definition) is 3. The van der Waals surface area contributed by atoms with Crippen molar-refractivity contribution >= 4 is 34.7 Å². The number of halogens is 1. The number of aliphatic hydroxyl groups is 1. The number of pyridine rings is 2. The van der Waals surface area contributed by atoms with Gasteiger partial charge in [0.25, 0.3) is 11.5 Å². The van der Waals surface area contributed by atoms with Gasteiger partial charge in [0.05, 0.1) is 48.2 Å². The number of hydrogen-bond acceptors (Lipinski definition) is 10. The van der Waals surface area contributed by atoms with Gasteiger partial charge >= 0.3 is 12.1 Å². The van der Waals surface area contributed by atoms with Gasteiger partial charge in [0, 0.05) is 34.9 Å². The molecular weight excluding hydrogens is 796 g/mol. The molecule has 1 saturated carbocycles. The molecule has 5 aromatic rings. The maximum Gasteiger partial charge on any atom is 0.407 e. The molecule has 0 radical (unpaired) electrons. The topological polar surface area (TPSA) is 175 Å². The van der Waals surface area contributed by atoms with Crippen LogP contribution in [0.25, 0.3) is 33.4 Å². The molecule has 3 aliphatic carbocycles. The highest BCUT2D eigenvalue weighted by Crippen LogP contribution is 2.47. The quantitative estimate of drug-likeness (QED) is 0.130. The first-order valence-electron chi connectivity index (χ1n) is 21.3. The average Bonchev–Trinajstić information content (AvgIpc) is 3.79. The van der Waals surface area contributed by atoms with Crippen molar-refractivity contribution < 1.29 is 42.9 Å². The summed E-state index contributed by atoms with van der Waals surface area (Å²) in [6.07, 6.45) is 1.85. The highest BCUT2D eigenvalue weighted by molar-refractivity contribution is 5.95. The Morgan fingerprint density at radius 2 is 1.74 bits per heavy atom. The van der Waals surface area contributed by atoms with Crippen LogP contribution in [0.15, 0.2) is 65.5 Å². The number of aryl methyl sites for hydroxylation is 1. The zero-order chi connectivity index (χ0) is 43.1. The van der Waals surface area contributed by atoms with Crippen LogP contribution < -0.4 is 16.2 Å². The summed E-state index contributed by atoms with van der Waals surface area (Å²) in [4.78, 5) is 71.6. The van der Waals surface area contributed by atoms with Crippen LogP contribution in [0.5, 0.6) is 0 Å². The number of carbonyl (C=O) groups excluding carboxylic acids is 4. The van der Waals surface area contributed by atoms with Crippen molar-refractivity contribution in [2.24, 2.45) is 0 Å². The predicted octanol–water partition coefficient (Wildman–Crippen LogP) is 6.07. The zero-order valence-corrected chi connectivity index (χ0v) is 34.4. The highest BCUT2D eigenvalue weighted by atomic mass is 19.1. The number of nitrogens with one attached hydrogen (secondary N) is 2. The Morgan fingerprint density at radius 1 is 1.02 bits per heavy atom. The van der Waals surface area contributed by atoms with Crippen molar-refractivity contribution in [3.63, 3.8) is 0 Å². The van der Waals surface area contributed by atoms with E-state index in [9.17, 15) is 29.1 Å². The van der Waals surface area contributed by atoms with Crippen LogP contribution in [-0.2, 0) is 53.8 Å². The van der Waals surface area contributed by atoms with E-state index in [-0.39, 0.29) is 74.5 Å². The summed E-state index contributed by atoms with van der Waals surface area (Å²) in [7, 11) is 0. The van der Waals surface area contributed by atoms with E-state index < -0.39 is 40.7 Å². The maximum absolute atomic E-state index is 15.4. The van der Waals surface area contributed by atoms with Gasteiger partial charge < -0.3 is 34.5 Å². The molecule has 5 aliphatic rings. The number of esters is 1. The van der Waals surface area contributed by atoms with Crippen molar-refractivity contribution in [2.75, 3.05) is 19.8 Å². The Hall–Kier alpha value is -6.25. The molecule has 3 N–H and O–H groups in total. The number of ketones is 1. The Kier molecular flexibility index (Phi) is 9.63. The standard InChI is InChI=1S/C48H45FN4O9/c1-3-48(59)35-19-39-42-32(22-53(39)43(55)34(35)24-60-45(48)57)41-37(14-13-27-25(2)36(49)20-38(51-42)40(27)41)52-44(56)47(16-8-17-47)62-18-15-26(54)21-50-46(58)61-23-33-30-11-6-4-9-28(30)29-10-5-7-12-31(29)33/h4-7,9-12,19-20,33,37,59H,3,8,13-18,21-24H2,1-2H3,(H,50,58)(H,52,56)/t37-,48-/m0/s1. The van der Waals surface area contributed by atoms with Gasteiger partial charge in [0.15, 0.2) is 11.4 Å². The summed E-state index contributed by atoms with van der Waals surface area (Å²) in [6.45, 7) is 3.04. The fraction of sp³-hybridized carbons (Fsp3) is 0.375. The summed E-state index contributed by atoms with van der Waals surface area (Å²) >= 11 is 0. The molecule has 4 heterocycles. The largest absolute Gasteiger partial charge is 0.458 e. The second-order valence-electron chi connectivity index (χ2n) is 17.0. The number of aromatic nitrogens is 2. The third-order valence-corrected chi connectivity index (χ3v) is 13.8. The normalized spacial score (nSPS) is 19.9.